The molecule has 0 saturated heterocycles. The summed E-state index contributed by atoms with van der Waals surface area (Å²) < 4.78 is 15.5. The summed E-state index contributed by atoms with van der Waals surface area (Å²) in [5.41, 5.74) is 0.461. The molecule has 106 valence electrons. The molecule has 0 amide bonds. The average molecular weight is 302 g/mol. The van der Waals surface area contributed by atoms with Crippen LogP contribution >= 0.6 is 25.3 Å². The van der Waals surface area contributed by atoms with Crippen LogP contribution in [0.3, 0.4) is 0 Å². The van der Waals surface area contributed by atoms with E-state index >= 15 is 0 Å². The van der Waals surface area contributed by atoms with Crippen LogP contribution < -0.4 is 0 Å². The summed E-state index contributed by atoms with van der Waals surface area (Å²) in [7, 11) is 0. The predicted molar refractivity (Wildman–Crippen MR) is 79.5 cm³/mol. The molecular formula is C13H18O4S2. The molecule has 0 radical (unpaired) electrons. The Morgan fingerprint density at radius 3 is 2.32 bits per heavy atom. The smallest absolute Gasteiger partial charge is 0.339 e. The quantitative estimate of drug-likeness (QED) is 0.416. The van der Waals surface area contributed by atoms with Gasteiger partial charge >= 0.3 is 5.97 Å². The molecule has 0 atom stereocenters. The first-order valence-electron chi connectivity index (χ1n) is 5.97. The Morgan fingerprint density at radius 1 is 1.00 bits per heavy atom. The van der Waals surface area contributed by atoms with Gasteiger partial charge in [-0.2, -0.15) is 12.6 Å². The van der Waals surface area contributed by atoms with Crippen molar-refractivity contribution >= 4 is 31.2 Å². The van der Waals surface area contributed by atoms with Gasteiger partial charge in [0.05, 0.1) is 32.0 Å². The van der Waals surface area contributed by atoms with Crippen LogP contribution in [0.4, 0.5) is 0 Å². The highest BCUT2D eigenvalue weighted by Crippen LogP contribution is 2.13. The van der Waals surface area contributed by atoms with Gasteiger partial charge in [0.1, 0.15) is 6.61 Å². The predicted octanol–water partition coefficient (Wildman–Crippen LogP) is 2.10. The maximum atomic E-state index is 11.7. The second kappa shape index (κ2) is 10.1. The van der Waals surface area contributed by atoms with E-state index in [1.165, 1.54) is 0 Å². The number of benzene rings is 1. The van der Waals surface area contributed by atoms with Gasteiger partial charge in [-0.15, -0.1) is 12.6 Å². The SMILES string of the molecule is O=C(OCCOCCOCCS)c1ccccc1S. The number of esters is 1. The Hall–Kier alpha value is -0.690. The lowest BCUT2D eigenvalue weighted by molar-refractivity contribution is 0.0165. The van der Waals surface area contributed by atoms with E-state index in [0.717, 1.165) is 0 Å². The van der Waals surface area contributed by atoms with Crippen molar-refractivity contribution in [3.63, 3.8) is 0 Å². The maximum Gasteiger partial charge on any atom is 0.339 e. The first-order valence-corrected chi connectivity index (χ1v) is 7.05. The Bertz CT molecular complexity index is 385. The Balaban J connectivity index is 2.10. The van der Waals surface area contributed by atoms with Crippen molar-refractivity contribution in [3.8, 4) is 0 Å². The summed E-state index contributed by atoms with van der Waals surface area (Å²) in [5.74, 6) is 0.307. The van der Waals surface area contributed by atoms with E-state index in [9.17, 15) is 4.79 Å². The molecular weight excluding hydrogens is 284 g/mol. The van der Waals surface area contributed by atoms with Gasteiger partial charge < -0.3 is 14.2 Å². The lowest BCUT2D eigenvalue weighted by Gasteiger charge is -2.07. The van der Waals surface area contributed by atoms with Crippen LogP contribution in [0.25, 0.3) is 0 Å². The van der Waals surface area contributed by atoms with Crippen molar-refractivity contribution in [2.45, 2.75) is 4.90 Å². The normalized spacial score (nSPS) is 10.4. The van der Waals surface area contributed by atoms with Crippen molar-refractivity contribution < 1.29 is 19.0 Å². The lowest BCUT2D eigenvalue weighted by Crippen LogP contribution is -2.13. The van der Waals surface area contributed by atoms with Gasteiger partial charge in [0.2, 0.25) is 0 Å². The summed E-state index contributed by atoms with van der Waals surface area (Å²) in [6.07, 6.45) is 0. The zero-order chi connectivity index (χ0) is 13.9. The van der Waals surface area contributed by atoms with Crippen LogP contribution in [-0.4, -0.2) is 44.8 Å². The topological polar surface area (TPSA) is 44.8 Å². The molecule has 0 heterocycles. The van der Waals surface area contributed by atoms with E-state index in [2.05, 4.69) is 25.3 Å². The Kier molecular flexibility index (Phi) is 8.73. The number of ether oxygens (including phenoxy) is 3. The molecule has 0 unspecified atom stereocenters. The summed E-state index contributed by atoms with van der Waals surface area (Å²) in [5, 5.41) is 0. The molecule has 0 spiro atoms. The molecule has 0 aliphatic carbocycles. The number of thiol groups is 2. The van der Waals surface area contributed by atoms with E-state index in [-0.39, 0.29) is 12.6 Å². The average Bonchev–Trinajstić information content (AvgIpc) is 2.42. The summed E-state index contributed by atoms with van der Waals surface area (Å²) >= 11 is 8.21. The maximum absolute atomic E-state index is 11.7. The van der Waals surface area contributed by atoms with Gasteiger partial charge in [0, 0.05) is 10.6 Å². The number of carbonyl (C=O) groups excluding carboxylic acids is 1. The van der Waals surface area contributed by atoms with Gasteiger partial charge in [-0.1, -0.05) is 12.1 Å². The summed E-state index contributed by atoms with van der Waals surface area (Å²) in [6.45, 7) is 2.18. The molecule has 1 aromatic rings. The van der Waals surface area contributed by atoms with Gasteiger partial charge in [-0.25, -0.2) is 4.79 Å². The van der Waals surface area contributed by atoms with Gasteiger partial charge in [-0.3, -0.25) is 0 Å². The third kappa shape index (κ3) is 6.87. The minimum atomic E-state index is -0.388. The van der Waals surface area contributed by atoms with Crippen LogP contribution in [0.15, 0.2) is 29.2 Å². The zero-order valence-electron chi connectivity index (χ0n) is 10.6. The van der Waals surface area contributed by atoms with E-state index in [0.29, 0.717) is 42.6 Å². The molecule has 0 fully saturated rings. The number of rotatable bonds is 9. The highest BCUT2D eigenvalue weighted by atomic mass is 32.1. The fourth-order valence-corrected chi connectivity index (χ4v) is 1.68. The van der Waals surface area contributed by atoms with Crippen LogP contribution in [0.1, 0.15) is 10.4 Å². The van der Waals surface area contributed by atoms with E-state index in [1.807, 2.05) is 6.07 Å². The minimum Gasteiger partial charge on any atom is -0.460 e. The minimum absolute atomic E-state index is 0.216. The van der Waals surface area contributed by atoms with Crippen LogP contribution in [-0.2, 0) is 14.2 Å². The van der Waals surface area contributed by atoms with Crippen LogP contribution in [0, 0.1) is 0 Å². The van der Waals surface area contributed by atoms with Crippen LogP contribution in [0.2, 0.25) is 0 Å². The molecule has 0 aliphatic rings. The molecule has 6 heteroatoms. The lowest BCUT2D eigenvalue weighted by atomic mass is 10.2. The molecule has 0 aromatic heterocycles. The molecule has 1 aromatic carbocycles. The molecule has 4 nitrogen and oxygen atoms in total. The Labute approximate surface area is 124 Å². The zero-order valence-corrected chi connectivity index (χ0v) is 12.4. The third-order valence-electron chi connectivity index (χ3n) is 2.19. The monoisotopic (exact) mass is 302 g/mol. The van der Waals surface area contributed by atoms with Crippen LogP contribution in [0.5, 0.6) is 0 Å². The molecule has 19 heavy (non-hydrogen) atoms. The van der Waals surface area contributed by atoms with Gasteiger partial charge in [0.25, 0.3) is 0 Å². The number of carbonyl (C=O) groups is 1. The molecule has 0 bridgehead atoms. The van der Waals surface area contributed by atoms with Crippen molar-refractivity contribution in [1.82, 2.24) is 0 Å². The highest BCUT2D eigenvalue weighted by molar-refractivity contribution is 7.80. The molecule has 0 saturated carbocycles. The van der Waals surface area contributed by atoms with E-state index in [1.54, 1.807) is 18.2 Å². The van der Waals surface area contributed by atoms with E-state index in [4.69, 9.17) is 14.2 Å². The van der Waals surface area contributed by atoms with Gasteiger partial charge in [-0.05, 0) is 12.1 Å². The number of hydrogen-bond acceptors (Lipinski definition) is 6. The second-order valence-electron chi connectivity index (χ2n) is 3.60. The second-order valence-corrected chi connectivity index (χ2v) is 4.53. The largest absolute Gasteiger partial charge is 0.460 e. The van der Waals surface area contributed by atoms with Crippen molar-refractivity contribution in [2.75, 3.05) is 38.8 Å². The first kappa shape index (κ1) is 16.4. The third-order valence-corrected chi connectivity index (χ3v) is 2.76. The fourth-order valence-electron chi connectivity index (χ4n) is 1.30. The van der Waals surface area contributed by atoms with Crippen molar-refractivity contribution in [3.05, 3.63) is 29.8 Å². The number of hydrogen-bond donors (Lipinski definition) is 2. The van der Waals surface area contributed by atoms with Crippen molar-refractivity contribution in [2.24, 2.45) is 0 Å². The standard InChI is InChI=1S/C13H18O4S2/c14-13(11-3-1-2-4-12(11)19)17-8-7-15-5-6-16-9-10-18/h1-4,18-19H,5-10H2. The molecule has 0 aliphatic heterocycles. The highest BCUT2D eigenvalue weighted by Gasteiger charge is 2.09. The van der Waals surface area contributed by atoms with Crippen molar-refractivity contribution in [1.29, 1.82) is 0 Å². The molecule has 0 N–H and O–H groups in total. The fraction of sp³-hybridized carbons (Fsp3) is 0.462. The van der Waals surface area contributed by atoms with E-state index < -0.39 is 0 Å². The van der Waals surface area contributed by atoms with Gasteiger partial charge in [0.15, 0.2) is 0 Å². The summed E-state index contributed by atoms with van der Waals surface area (Å²) in [6, 6.07) is 7.00. The summed E-state index contributed by atoms with van der Waals surface area (Å²) in [4.78, 5) is 12.3. The molecule has 1 rings (SSSR count). The Morgan fingerprint density at radius 2 is 1.63 bits per heavy atom. The first-order chi connectivity index (χ1) is 9.25.